The summed E-state index contributed by atoms with van der Waals surface area (Å²) >= 11 is 0. The molecule has 1 aromatic heterocycles. The second kappa shape index (κ2) is 15.8. The molecule has 6 fully saturated rings. The first-order valence-electron chi connectivity index (χ1n) is 20.4. The fourth-order valence-electron chi connectivity index (χ4n) is 9.34. The molecule has 6 aliphatic rings. The highest BCUT2D eigenvalue weighted by atomic mass is 32.2. The minimum absolute atomic E-state index is 0.0196. The first kappa shape index (κ1) is 42.3. The zero-order chi connectivity index (χ0) is 42.7. The summed E-state index contributed by atoms with van der Waals surface area (Å²) in [5.41, 5.74) is -1.41. The number of carbonyl (C=O) groups excluding carboxylic acids is 2. The number of sulfonamides is 1. The lowest BCUT2D eigenvalue weighted by atomic mass is 9.71. The van der Waals surface area contributed by atoms with E-state index in [1.165, 1.54) is 29.2 Å². The van der Waals surface area contributed by atoms with Crippen molar-refractivity contribution in [2.75, 3.05) is 67.5 Å². The molecule has 2 bridgehead atoms. The van der Waals surface area contributed by atoms with E-state index in [-0.39, 0.29) is 48.7 Å². The highest BCUT2D eigenvalue weighted by Crippen LogP contribution is 2.45. The maximum absolute atomic E-state index is 15.3. The number of imide groups is 1. The molecule has 324 valence electrons. The van der Waals surface area contributed by atoms with Gasteiger partial charge in [-0.15, -0.1) is 0 Å². The number of piperidine rings is 2. The standard InChI is InChI=1S/C41H50F4N8O6S/c1-26-20-28(5-7-32(26)47-37-46-22-30(41(43,44)45)35(49-37)53-15-3-10-38(2,56)23-53)60(57,58)50-39-11-13-40(14-12-39,59-25-39)24-51-16-18-52(19-17-51)33-8-4-27(21-31(33)42)29-6-9-34(54)48-36(29)55/h4-5,7-8,20-22,29,50,56H,3,6,9-19,23-25H2,1-2H3,(H,46,47,49)(H,48,54,55)/t29?,38-,39?,40?/m0/s1. The molecular formula is C41H50F4N8O6S. The summed E-state index contributed by atoms with van der Waals surface area (Å²) in [5, 5.41) is 15.8. The molecule has 5 aliphatic heterocycles. The second-order valence-corrected chi connectivity index (χ2v) is 19.1. The van der Waals surface area contributed by atoms with E-state index >= 15 is 4.39 Å². The van der Waals surface area contributed by atoms with E-state index in [1.807, 2.05) is 4.90 Å². The highest BCUT2D eigenvalue weighted by Gasteiger charge is 2.52. The number of amides is 2. The van der Waals surface area contributed by atoms with Crippen LogP contribution in [0.4, 0.5) is 40.7 Å². The van der Waals surface area contributed by atoms with Gasteiger partial charge in [0.05, 0.1) is 39.8 Å². The molecule has 1 saturated carbocycles. The Labute approximate surface area is 346 Å². The predicted molar refractivity (Wildman–Crippen MR) is 214 cm³/mol. The molecule has 6 heterocycles. The van der Waals surface area contributed by atoms with Crippen LogP contribution in [0.15, 0.2) is 47.5 Å². The molecule has 5 saturated heterocycles. The van der Waals surface area contributed by atoms with E-state index in [0.29, 0.717) is 106 Å². The van der Waals surface area contributed by atoms with E-state index in [9.17, 15) is 36.3 Å². The van der Waals surface area contributed by atoms with Crippen LogP contribution >= 0.6 is 0 Å². The molecule has 19 heteroatoms. The number of halogens is 4. The third-order valence-electron chi connectivity index (χ3n) is 12.8. The Morgan fingerprint density at radius 3 is 2.38 bits per heavy atom. The summed E-state index contributed by atoms with van der Waals surface area (Å²) in [5.74, 6) is -2.10. The van der Waals surface area contributed by atoms with Crippen molar-refractivity contribution in [3.63, 3.8) is 0 Å². The lowest BCUT2D eigenvalue weighted by Crippen LogP contribution is -2.65. The first-order valence-corrected chi connectivity index (χ1v) is 21.9. The lowest BCUT2D eigenvalue weighted by Gasteiger charge is -2.54. The average molecular weight is 859 g/mol. The Balaban J connectivity index is 0.858. The van der Waals surface area contributed by atoms with Crippen molar-refractivity contribution in [1.29, 1.82) is 0 Å². The van der Waals surface area contributed by atoms with E-state index < -0.39 is 56.1 Å². The zero-order valence-corrected chi connectivity index (χ0v) is 34.4. The van der Waals surface area contributed by atoms with Gasteiger partial charge in [0.1, 0.15) is 17.2 Å². The monoisotopic (exact) mass is 858 g/mol. The molecule has 14 nitrogen and oxygen atoms in total. The largest absolute Gasteiger partial charge is 0.421 e. The minimum Gasteiger partial charge on any atom is -0.388 e. The number of aromatic nitrogens is 2. The number of hydrogen-bond acceptors (Lipinski definition) is 12. The molecule has 3 aromatic rings. The molecule has 0 spiro atoms. The van der Waals surface area contributed by atoms with Crippen molar-refractivity contribution >= 4 is 45.0 Å². The van der Waals surface area contributed by atoms with Crippen LogP contribution in [0.25, 0.3) is 0 Å². The number of nitrogens with one attached hydrogen (secondary N) is 3. The van der Waals surface area contributed by atoms with Gasteiger partial charge in [0.25, 0.3) is 0 Å². The van der Waals surface area contributed by atoms with Crippen molar-refractivity contribution in [3.05, 3.63) is 65.1 Å². The number of nitrogens with zero attached hydrogens (tertiary/aromatic N) is 5. The van der Waals surface area contributed by atoms with Crippen molar-refractivity contribution in [3.8, 4) is 0 Å². The normalized spacial score (nSPS) is 27.9. The average Bonchev–Trinajstić information content (AvgIpc) is 3.19. The Hall–Kier alpha value is -4.43. The van der Waals surface area contributed by atoms with E-state index in [1.54, 1.807) is 26.0 Å². The van der Waals surface area contributed by atoms with E-state index in [4.69, 9.17) is 4.74 Å². The number of hydrogen-bond donors (Lipinski definition) is 4. The maximum atomic E-state index is 15.3. The summed E-state index contributed by atoms with van der Waals surface area (Å²) in [4.78, 5) is 37.7. The van der Waals surface area contributed by atoms with Crippen LogP contribution < -0.4 is 25.2 Å². The van der Waals surface area contributed by atoms with Gasteiger partial charge in [-0.3, -0.25) is 19.8 Å². The molecule has 0 radical (unpaired) electrons. The predicted octanol–water partition coefficient (Wildman–Crippen LogP) is 4.74. The van der Waals surface area contributed by atoms with Crippen molar-refractivity contribution in [2.45, 2.75) is 98.9 Å². The number of ether oxygens (including phenoxy) is 1. The lowest BCUT2D eigenvalue weighted by molar-refractivity contribution is -0.166. The molecule has 4 N–H and O–H groups in total. The highest BCUT2D eigenvalue weighted by molar-refractivity contribution is 7.89. The summed E-state index contributed by atoms with van der Waals surface area (Å²) in [6.07, 6.45) is 0.0515. The Kier molecular flexibility index (Phi) is 11.1. The summed E-state index contributed by atoms with van der Waals surface area (Å²) in [6.45, 7) is 7.01. The third kappa shape index (κ3) is 8.82. The van der Waals surface area contributed by atoms with Gasteiger partial charge < -0.3 is 25.0 Å². The van der Waals surface area contributed by atoms with Crippen LogP contribution in [0.2, 0.25) is 0 Å². The Bertz CT molecular complexity index is 2240. The third-order valence-corrected chi connectivity index (χ3v) is 14.3. The van der Waals surface area contributed by atoms with Gasteiger partial charge in [0.2, 0.25) is 27.8 Å². The molecule has 1 unspecified atom stereocenters. The SMILES string of the molecule is Cc1cc(S(=O)(=O)NC23CCC(CN4CCN(c5ccc(C6CCC(=O)NC6=O)cc5F)CC4)(CC2)OC3)ccc1Nc1ncc(C(F)(F)F)c(N2CCC[C@](C)(O)C2)n1. The molecule has 1 aliphatic carbocycles. The minimum atomic E-state index is -4.71. The van der Waals surface area contributed by atoms with Crippen molar-refractivity contribution in [1.82, 2.24) is 24.9 Å². The summed E-state index contributed by atoms with van der Waals surface area (Å²) in [7, 11) is -3.99. The quantitative estimate of drug-likeness (QED) is 0.164. The van der Waals surface area contributed by atoms with Crippen molar-refractivity contribution in [2.24, 2.45) is 0 Å². The number of benzene rings is 2. The van der Waals surface area contributed by atoms with Gasteiger partial charge in [0, 0.05) is 64.1 Å². The Morgan fingerprint density at radius 1 is 1.00 bits per heavy atom. The number of piperazine rings is 1. The number of alkyl halides is 3. The molecule has 2 aromatic carbocycles. The number of carbonyl (C=O) groups is 2. The molecule has 60 heavy (non-hydrogen) atoms. The topological polar surface area (TPSA) is 169 Å². The van der Waals surface area contributed by atoms with Gasteiger partial charge in [-0.2, -0.15) is 18.2 Å². The van der Waals surface area contributed by atoms with E-state index in [2.05, 4.69) is 30.2 Å². The number of rotatable bonds is 10. The fraction of sp³-hybridized carbons (Fsp3) is 0.561. The second-order valence-electron chi connectivity index (χ2n) is 17.4. The van der Waals surface area contributed by atoms with E-state index in [0.717, 1.165) is 0 Å². The number of fused-ring (bicyclic) bond motifs is 3. The summed E-state index contributed by atoms with van der Waals surface area (Å²) in [6, 6.07) is 9.31. The maximum Gasteiger partial charge on any atom is 0.421 e. The number of aryl methyl sites for hydroxylation is 1. The van der Waals surface area contributed by atoms with Crippen LogP contribution in [-0.4, -0.2) is 109 Å². The number of aliphatic hydroxyl groups is 1. The smallest absolute Gasteiger partial charge is 0.388 e. The zero-order valence-electron chi connectivity index (χ0n) is 33.6. The van der Waals surface area contributed by atoms with Crippen molar-refractivity contribution < 1.29 is 45.4 Å². The van der Waals surface area contributed by atoms with Gasteiger partial charge in [-0.1, -0.05) is 6.07 Å². The van der Waals surface area contributed by atoms with Crippen LogP contribution in [0.5, 0.6) is 0 Å². The fourth-order valence-corrected chi connectivity index (χ4v) is 10.9. The number of anilines is 4. The van der Waals surface area contributed by atoms with Gasteiger partial charge in [-0.25, -0.2) is 22.5 Å². The van der Waals surface area contributed by atoms with Gasteiger partial charge >= 0.3 is 6.18 Å². The Morgan fingerprint density at radius 2 is 1.75 bits per heavy atom. The molecule has 2 amide bonds. The van der Waals surface area contributed by atoms with Crippen LogP contribution in [0.3, 0.4) is 0 Å². The molecular weight excluding hydrogens is 809 g/mol. The van der Waals surface area contributed by atoms with Crippen LogP contribution in [0.1, 0.15) is 80.9 Å². The van der Waals surface area contributed by atoms with Crippen LogP contribution in [0, 0.1) is 12.7 Å². The number of β-amino-alcohol motifs (C(OH)–C–C–N with tert-alkyl or cyclic N) is 1. The van der Waals surface area contributed by atoms with Gasteiger partial charge in [0.15, 0.2) is 0 Å². The molecule has 2 atom stereocenters. The molecule has 9 rings (SSSR count). The van der Waals surface area contributed by atoms with Crippen LogP contribution in [-0.2, 0) is 30.5 Å². The van der Waals surface area contributed by atoms with Gasteiger partial charge in [-0.05, 0) is 100 Å². The first-order chi connectivity index (χ1) is 28.3. The summed E-state index contributed by atoms with van der Waals surface area (Å²) < 4.78 is 94.2.